The van der Waals surface area contributed by atoms with E-state index in [0.29, 0.717) is 24.5 Å². The lowest BCUT2D eigenvalue weighted by molar-refractivity contribution is 0.0884. The number of pyridine rings is 1. The minimum atomic E-state index is -1.10. The lowest BCUT2D eigenvalue weighted by Gasteiger charge is -2.27. The monoisotopic (exact) mass is 370 g/mol. The van der Waals surface area contributed by atoms with E-state index in [0.717, 1.165) is 27.6 Å². The Hall–Kier alpha value is -2.19. The van der Waals surface area contributed by atoms with Gasteiger partial charge >= 0.3 is 5.63 Å². The lowest BCUT2D eigenvalue weighted by Crippen LogP contribution is -2.35. The molecule has 0 spiro atoms. The van der Waals surface area contributed by atoms with Crippen molar-refractivity contribution in [1.82, 2.24) is 9.71 Å². The Balaban J connectivity index is 1.77. The van der Waals surface area contributed by atoms with Crippen molar-refractivity contribution < 1.29 is 13.7 Å². The number of ether oxygens (including phenoxy) is 1. The van der Waals surface area contributed by atoms with Gasteiger partial charge in [0.25, 0.3) is 0 Å². The molecule has 7 heteroatoms. The molecule has 0 fully saturated rings. The third-order valence-electron chi connectivity index (χ3n) is 4.46. The summed E-state index contributed by atoms with van der Waals surface area (Å²) in [6.45, 7) is 2.81. The van der Waals surface area contributed by atoms with Crippen LogP contribution >= 0.6 is 0 Å². The van der Waals surface area contributed by atoms with E-state index in [2.05, 4.69) is 9.71 Å². The Morgan fingerprint density at radius 1 is 1.31 bits per heavy atom. The Kier molecular flexibility index (Phi) is 4.78. The molecule has 134 valence electrons. The maximum absolute atomic E-state index is 11.9. The Labute approximate surface area is 153 Å². The molecule has 0 aliphatic carbocycles. The van der Waals surface area contributed by atoms with Gasteiger partial charge in [0.05, 0.1) is 13.2 Å². The van der Waals surface area contributed by atoms with E-state index in [4.69, 9.17) is 9.15 Å². The van der Waals surface area contributed by atoms with E-state index in [1.807, 2.05) is 31.5 Å². The Morgan fingerprint density at radius 3 is 3.04 bits per heavy atom. The van der Waals surface area contributed by atoms with E-state index in [1.54, 1.807) is 12.1 Å². The molecule has 1 aromatic carbocycles. The zero-order valence-electron chi connectivity index (χ0n) is 14.2. The highest BCUT2D eigenvalue weighted by Crippen LogP contribution is 2.34. The Bertz CT molecular complexity index is 1000. The molecule has 3 heterocycles. The van der Waals surface area contributed by atoms with Gasteiger partial charge in [-0.3, -0.25) is 4.98 Å². The van der Waals surface area contributed by atoms with Crippen molar-refractivity contribution in [3.8, 4) is 11.1 Å². The van der Waals surface area contributed by atoms with Crippen molar-refractivity contribution in [2.75, 3.05) is 12.4 Å². The van der Waals surface area contributed by atoms with Crippen molar-refractivity contribution in [2.45, 2.75) is 19.6 Å². The number of hydrogen-bond donors (Lipinski definition) is 1. The summed E-state index contributed by atoms with van der Waals surface area (Å²) in [5.41, 5.74) is 4.16. The smallest absolute Gasteiger partial charge is 0.336 e. The molecule has 0 amide bonds. The SMILES string of the molecule is CC[S+]([O-])NC1COCc2c(-c3ccc4oc(=O)ccc4c3)cncc21. The van der Waals surface area contributed by atoms with Gasteiger partial charge in [-0.25, -0.2) is 4.79 Å². The predicted molar refractivity (Wildman–Crippen MR) is 99.9 cm³/mol. The summed E-state index contributed by atoms with van der Waals surface area (Å²) in [6.07, 6.45) is 3.62. The quantitative estimate of drug-likeness (QED) is 0.561. The maximum Gasteiger partial charge on any atom is 0.336 e. The second-order valence-electron chi connectivity index (χ2n) is 6.08. The normalized spacial score (nSPS) is 17.8. The van der Waals surface area contributed by atoms with Crippen LogP contribution in [0.15, 0.2) is 51.9 Å². The summed E-state index contributed by atoms with van der Waals surface area (Å²) in [5, 5.41) is 0.846. The largest absolute Gasteiger partial charge is 0.598 e. The minimum Gasteiger partial charge on any atom is -0.598 e. The van der Waals surface area contributed by atoms with Gasteiger partial charge in [-0.2, -0.15) is 0 Å². The van der Waals surface area contributed by atoms with Crippen molar-refractivity contribution >= 4 is 22.3 Å². The van der Waals surface area contributed by atoms with E-state index in [1.165, 1.54) is 6.07 Å². The van der Waals surface area contributed by atoms with E-state index >= 15 is 0 Å². The third kappa shape index (κ3) is 3.26. The minimum absolute atomic E-state index is 0.148. The predicted octanol–water partition coefficient (Wildman–Crippen LogP) is 2.70. The van der Waals surface area contributed by atoms with Crippen LogP contribution in [0.1, 0.15) is 24.1 Å². The third-order valence-corrected chi connectivity index (χ3v) is 5.54. The van der Waals surface area contributed by atoms with Crippen LogP contribution in [0.4, 0.5) is 0 Å². The van der Waals surface area contributed by atoms with Crippen LogP contribution in [0.5, 0.6) is 0 Å². The fourth-order valence-electron chi connectivity index (χ4n) is 3.16. The van der Waals surface area contributed by atoms with Crippen molar-refractivity contribution in [1.29, 1.82) is 0 Å². The first-order valence-electron chi connectivity index (χ1n) is 8.39. The number of nitrogens with zero attached hydrogens (tertiary/aromatic N) is 1. The van der Waals surface area contributed by atoms with Crippen molar-refractivity contribution in [3.05, 3.63) is 64.3 Å². The topological polar surface area (TPSA) is 87.4 Å². The second-order valence-corrected chi connectivity index (χ2v) is 7.59. The van der Waals surface area contributed by atoms with E-state index in [9.17, 15) is 9.35 Å². The molecule has 0 bridgehead atoms. The molecule has 0 saturated carbocycles. The van der Waals surface area contributed by atoms with Crippen LogP contribution in [-0.4, -0.2) is 21.9 Å². The highest BCUT2D eigenvalue weighted by atomic mass is 32.2. The average molecular weight is 370 g/mol. The zero-order chi connectivity index (χ0) is 18.1. The Morgan fingerprint density at radius 2 is 2.19 bits per heavy atom. The summed E-state index contributed by atoms with van der Waals surface area (Å²) >= 11 is -1.10. The molecule has 1 N–H and O–H groups in total. The summed E-state index contributed by atoms with van der Waals surface area (Å²) in [5.74, 6) is 0.537. The molecular weight excluding hydrogens is 352 g/mol. The first kappa shape index (κ1) is 17.2. The summed E-state index contributed by atoms with van der Waals surface area (Å²) in [4.78, 5) is 15.7. The van der Waals surface area contributed by atoms with Gasteiger partial charge in [-0.05, 0) is 36.2 Å². The van der Waals surface area contributed by atoms with Gasteiger partial charge in [0.15, 0.2) is 0 Å². The van der Waals surface area contributed by atoms with Gasteiger partial charge < -0.3 is 13.7 Å². The van der Waals surface area contributed by atoms with Crippen LogP contribution in [0.2, 0.25) is 0 Å². The van der Waals surface area contributed by atoms with Crippen molar-refractivity contribution in [2.24, 2.45) is 0 Å². The standard InChI is InChI=1S/C19H18N2O4S/c1-2-26(23)21-17-11-24-10-16-14(8-20-9-15(16)17)12-3-5-18-13(7-12)4-6-19(22)25-18/h3-9,17,21H,2,10-11H2,1H3. The molecule has 1 aliphatic rings. The molecule has 2 aromatic heterocycles. The average Bonchev–Trinajstić information content (AvgIpc) is 2.67. The number of hydrogen-bond acceptors (Lipinski definition) is 6. The van der Waals surface area contributed by atoms with Gasteiger partial charge in [0.1, 0.15) is 17.4 Å². The van der Waals surface area contributed by atoms with Crippen LogP contribution in [0.3, 0.4) is 0 Å². The van der Waals surface area contributed by atoms with E-state index in [-0.39, 0.29) is 11.7 Å². The van der Waals surface area contributed by atoms with Crippen LogP contribution in [0, 0.1) is 0 Å². The molecule has 0 radical (unpaired) electrons. The summed E-state index contributed by atoms with van der Waals surface area (Å²) < 4.78 is 25.9. The molecule has 3 aromatic rings. The molecule has 6 nitrogen and oxygen atoms in total. The second kappa shape index (κ2) is 7.20. The molecule has 2 unspecified atom stereocenters. The van der Waals surface area contributed by atoms with Gasteiger partial charge in [-0.15, -0.1) is 4.72 Å². The highest BCUT2D eigenvalue weighted by Gasteiger charge is 2.27. The lowest BCUT2D eigenvalue weighted by atomic mass is 9.93. The van der Waals surface area contributed by atoms with Gasteiger partial charge in [0, 0.05) is 46.3 Å². The molecule has 26 heavy (non-hydrogen) atoms. The number of rotatable bonds is 4. The zero-order valence-corrected chi connectivity index (χ0v) is 15.0. The fraction of sp³-hybridized carbons (Fsp3) is 0.263. The molecule has 2 atom stereocenters. The molecule has 0 saturated heterocycles. The summed E-state index contributed by atoms with van der Waals surface area (Å²) in [7, 11) is 0. The molecule has 1 aliphatic heterocycles. The number of fused-ring (bicyclic) bond motifs is 2. The fourth-order valence-corrected chi connectivity index (χ4v) is 3.84. The van der Waals surface area contributed by atoms with Crippen LogP contribution in [-0.2, 0) is 22.7 Å². The number of aromatic nitrogens is 1. The summed E-state index contributed by atoms with van der Waals surface area (Å²) in [6, 6.07) is 8.68. The van der Waals surface area contributed by atoms with Crippen molar-refractivity contribution in [3.63, 3.8) is 0 Å². The number of nitrogens with one attached hydrogen (secondary N) is 1. The first-order chi connectivity index (χ1) is 12.7. The number of benzene rings is 1. The highest BCUT2D eigenvalue weighted by molar-refractivity contribution is 7.89. The maximum atomic E-state index is 11.9. The van der Waals surface area contributed by atoms with E-state index < -0.39 is 11.4 Å². The van der Waals surface area contributed by atoms with Gasteiger partial charge in [-0.1, -0.05) is 6.07 Å². The molecular formula is C19H18N2O4S. The molecule has 4 rings (SSSR count). The van der Waals surface area contributed by atoms with Crippen LogP contribution in [0.25, 0.3) is 22.1 Å². The van der Waals surface area contributed by atoms with Crippen LogP contribution < -0.4 is 10.3 Å². The van der Waals surface area contributed by atoms with Gasteiger partial charge in [0.2, 0.25) is 0 Å². The first-order valence-corrected chi connectivity index (χ1v) is 9.71.